The lowest BCUT2D eigenvalue weighted by Crippen LogP contribution is -2.10. The van der Waals surface area contributed by atoms with E-state index >= 15 is 0 Å². The van der Waals surface area contributed by atoms with E-state index in [0.29, 0.717) is 29.6 Å². The third kappa shape index (κ3) is 5.24. The summed E-state index contributed by atoms with van der Waals surface area (Å²) < 4.78 is 10.7. The number of hydrogen-bond donors (Lipinski definition) is 2. The van der Waals surface area contributed by atoms with E-state index in [2.05, 4.69) is 44.9 Å². The number of anilines is 2. The molecular formula is C25H27N5O2. The van der Waals surface area contributed by atoms with Crippen LogP contribution >= 0.6 is 0 Å². The maximum Gasteiger partial charge on any atom is 0.226 e. The molecule has 2 heterocycles. The van der Waals surface area contributed by atoms with Gasteiger partial charge in [-0.2, -0.15) is 9.97 Å². The molecule has 0 atom stereocenters. The molecule has 7 nitrogen and oxygen atoms in total. The Labute approximate surface area is 187 Å². The SMILES string of the molecule is COc1ccc(CNc2nc(NCCCc3ccccc3)nc3ncccc23)cc1OC. The van der Waals surface area contributed by atoms with Crippen molar-refractivity contribution in [3.05, 3.63) is 78.0 Å². The molecule has 0 unspecified atom stereocenters. The van der Waals surface area contributed by atoms with E-state index in [-0.39, 0.29) is 0 Å². The summed E-state index contributed by atoms with van der Waals surface area (Å²) in [5.74, 6) is 2.71. The fraction of sp³-hybridized carbons (Fsp3) is 0.240. The molecular weight excluding hydrogens is 402 g/mol. The fourth-order valence-electron chi connectivity index (χ4n) is 3.49. The van der Waals surface area contributed by atoms with Crippen LogP contribution in [0.25, 0.3) is 11.0 Å². The number of benzene rings is 2. The lowest BCUT2D eigenvalue weighted by molar-refractivity contribution is 0.354. The molecule has 0 spiro atoms. The van der Waals surface area contributed by atoms with Gasteiger partial charge in [0.1, 0.15) is 5.82 Å². The minimum absolute atomic E-state index is 0.569. The van der Waals surface area contributed by atoms with Gasteiger partial charge in [0.2, 0.25) is 5.95 Å². The number of nitrogens with zero attached hydrogens (tertiary/aromatic N) is 3. The van der Waals surface area contributed by atoms with E-state index < -0.39 is 0 Å². The summed E-state index contributed by atoms with van der Waals surface area (Å²) in [6.07, 6.45) is 3.73. The number of ether oxygens (including phenoxy) is 2. The largest absolute Gasteiger partial charge is 0.493 e. The Hall–Kier alpha value is -3.87. The normalized spacial score (nSPS) is 10.7. The summed E-state index contributed by atoms with van der Waals surface area (Å²) in [6, 6.07) is 20.2. The zero-order chi connectivity index (χ0) is 22.2. The third-order valence-corrected chi connectivity index (χ3v) is 5.15. The highest BCUT2D eigenvalue weighted by atomic mass is 16.5. The summed E-state index contributed by atoms with van der Waals surface area (Å²) in [5.41, 5.74) is 3.03. The Balaban J connectivity index is 1.46. The van der Waals surface area contributed by atoms with Crippen molar-refractivity contribution in [2.75, 3.05) is 31.4 Å². The summed E-state index contributed by atoms with van der Waals surface area (Å²) in [7, 11) is 3.26. The minimum Gasteiger partial charge on any atom is -0.493 e. The molecule has 0 amide bonds. The van der Waals surface area contributed by atoms with Crippen molar-refractivity contribution < 1.29 is 9.47 Å². The second-order valence-corrected chi connectivity index (χ2v) is 7.33. The second kappa shape index (κ2) is 10.4. The van der Waals surface area contributed by atoms with Crippen molar-refractivity contribution in [3.63, 3.8) is 0 Å². The number of pyridine rings is 1. The zero-order valence-electron chi connectivity index (χ0n) is 18.3. The van der Waals surface area contributed by atoms with E-state index in [1.165, 1.54) is 5.56 Å². The van der Waals surface area contributed by atoms with Gasteiger partial charge in [-0.15, -0.1) is 0 Å². The minimum atomic E-state index is 0.569. The van der Waals surface area contributed by atoms with Gasteiger partial charge in [0.15, 0.2) is 17.1 Å². The molecule has 32 heavy (non-hydrogen) atoms. The number of aryl methyl sites for hydroxylation is 1. The Morgan fingerprint density at radius 3 is 2.47 bits per heavy atom. The van der Waals surface area contributed by atoms with E-state index in [0.717, 1.165) is 36.2 Å². The predicted molar refractivity (Wildman–Crippen MR) is 127 cm³/mol. The van der Waals surface area contributed by atoms with Crippen molar-refractivity contribution in [2.24, 2.45) is 0 Å². The lowest BCUT2D eigenvalue weighted by Gasteiger charge is -2.13. The molecule has 164 valence electrons. The van der Waals surface area contributed by atoms with Gasteiger partial charge in [0.05, 0.1) is 19.6 Å². The summed E-state index contributed by atoms with van der Waals surface area (Å²) in [5, 5.41) is 7.64. The Kier molecular flexibility index (Phi) is 6.97. The van der Waals surface area contributed by atoms with Crippen LogP contribution in [-0.4, -0.2) is 35.7 Å². The van der Waals surface area contributed by atoms with Crippen molar-refractivity contribution in [1.29, 1.82) is 0 Å². The summed E-state index contributed by atoms with van der Waals surface area (Å²) in [6.45, 7) is 1.36. The molecule has 2 aromatic heterocycles. The molecule has 0 fully saturated rings. The van der Waals surface area contributed by atoms with Gasteiger partial charge in [0.25, 0.3) is 0 Å². The predicted octanol–water partition coefficient (Wildman–Crippen LogP) is 4.70. The average Bonchev–Trinajstić information content (AvgIpc) is 2.85. The highest BCUT2D eigenvalue weighted by Crippen LogP contribution is 2.28. The van der Waals surface area contributed by atoms with Crippen LogP contribution in [0.4, 0.5) is 11.8 Å². The maximum absolute atomic E-state index is 5.41. The van der Waals surface area contributed by atoms with Crippen LogP contribution in [0.1, 0.15) is 17.5 Å². The van der Waals surface area contributed by atoms with Gasteiger partial charge in [-0.3, -0.25) is 0 Å². The first-order valence-electron chi connectivity index (χ1n) is 10.6. The molecule has 2 N–H and O–H groups in total. The highest BCUT2D eigenvalue weighted by molar-refractivity contribution is 5.87. The number of nitrogens with one attached hydrogen (secondary N) is 2. The molecule has 0 saturated heterocycles. The lowest BCUT2D eigenvalue weighted by atomic mass is 10.1. The molecule has 2 aromatic carbocycles. The van der Waals surface area contributed by atoms with Gasteiger partial charge in [-0.1, -0.05) is 36.4 Å². The van der Waals surface area contributed by atoms with E-state index in [4.69, 9.17) is 14.5 Å². The third-order valence-electron chi connectivity index (χ3n) is 5.15. The smallest absolute Gasteiger partial charge is 0.226 e. The first kappa shape index (κ1) is 21.4. The maximum atomic E-state index is 5.41. The van der Waals surface area contributed by atoms with Gasteiger partial charge >= 0.3 is 0 Å². The number of aromatic nitrogens is 3. The molecule has 0 bridgehead atoms. The Morgan fingerprint density at radius 1 is 0.812 bits per heavy atom. The molecule has 0 aliphatic carbocycles. The van der Waals surface area contributed by atoms with Crippen molar-refractivity contribution in [3.8, 4) is 11.5 Å². The monoisotopic (exact) mass is 429 g/mol. The standard InChI is InChI=1S/C25H27N5O2/c1-31-21-13-12-19(16-22(21)32-2)17-28-24-20-11-7-14-26-23(20)29-25(30-24)27-15-6-10-18-8-4-3-5-9-18/h3-5,7-9,11-14,16H,6,10,15,17H2,1-2H3,(H2,26,27,28,29,30). The van der Waals surface area contributed by atoms with Gasteiger partial charge < -0.3 is 20.1 Å². The van der Waals surface area contributed by atoms with Crippen LogP contribution < -0.4 is 20.1 Å². The van der Waals surface area contributed by atoms with Crippen LogP contribution in [0, 0.1) is 0 Å². The topological polar surface area (TPSA) is 81.2 Å². The molecule has 0 radical (unpaired) electrons. The molecule has 7 heteroatoms. The molecule has 0 aliphatic heterocycles. The van der Waals surface area contributed by atoms with E-state index in [9.17, 15) is 0 Å². The van der Waals surface area contributed by atoms with Crippen LogP contribution in [0.3, 0.4) is 0 Å². The van der Waals surface area contributed by atoms with E-state index in [1.807, 2.05) is 36.4 Å². The molecule has 4 rings (SSSR count). The summed E-state index contributed by atoms with van der Waals surface area (Å²) >= 11 is 0. The molecule has 0 saturated carbocycles. The van der Waals surface area contributed by atoms with E-state index in [1.54, 1.807) is 20.4 Å². The average molecular weight is 430 g/mol. The van der Waals surface area contributed by atoms with Crippen LogP contribution in [0.15, 0.2) is 66.9 Å². The van der Waals surface area contributed by atoms with Gasteiger partial charge in [-0.05, 0) is 48.2 Å². The Bertz CT molecular complexity index is 1170. The van der Waals surface area contributed by atoms with Gasteiger partial charge in [0, 0.05) is 19.3 Å². The number of rotatable bonds is 10. The second-order valence-electron chi connectivity index (χ2n) is 7.33. The molecule has 0 aliphatic rings. The van der Waals surface area contributed by atoms with Crippen LogP contribution in [0.2, 0.25) is 0 Å². The highest BCUT2D eigenvalue weighted by Gasteiger charge is 2.10. The number of hydrogen-bond acceptors (Lipinski definition) is 7. The van der Waals surface area contributed by atoms with Crippen molar-refractivity contribution >= 4 is 22.8 Å². The van der Waals surface area contributed by atoms with Crippen LogP contribution in [0.5, 0.6) is 11.5 Å². The van der Waals surface area contributed by atoms with Gasteiger partial charge in [-0.25, -0.2) is 4.98 Å². The van der Waals surface area contributed by atoms with Crippen molar-refractivity contribution in [2.45, 2.75) is 19.4 Å². The number of methoxy groups -OCH3 is 2. The van der Waals surface area contributed by atoms with Crippen molar-refractivity contribution in [1.82, 2.24) is 15.0 Å². The molecule has 4 aromatic rings. The van der Waals surface area contributed by atoms with Crippen LogP contribution in [-0.2, 0) is 13.0 Å². The first-order chi connectivity index (χ1) is 15.8. The quantitative estimate of drug-likeness (QED) is 0.354. The first-order valence-corrected chi connectivity index (χ1v) is 10.6. The number of fused-ring (bicyclic) bond motifs is 1. The Morgan fingerprint density at radius 2 is 1.66 bits per heavy atom. The zero-order valence-corrected chi connectivity index (χ0v) is 18.3. The summed E-state index contributed by atoms with van der Waals surface area (Å²) in [4.78, 5) is 13.7. The fourth-order valence-corrected chi connectivity index (χ4v) is 3.49.